The van der Waals surface area contributed by atoms with Gasteiger partial charge in [-0.25, -0.2) is 4.79 Å². The van der Waals surface area contributed by atoms with E-state index in [0.717, 1.165) is 69.1 Å². The van der Waals surface area contributed by atoms with Gasteiger partial charge in [0.1, 0.15) is 24.4 Å². The molecule has 2 amide bonds. The summed E-state index contributed by atoms with van der Waals surface area (Å²) in [5.74, 6) is 0.713. The van der Waals surface area contributed by atoms with Gasteiger partial charge in [0.15, 0.2) is 17.6 Å². The molecule has 1 aromatic heterocycles. The lowest BCUT2D eigenvalue weighted by atomic mass is 9.89. The molecule has 298 valence electrons. The number of rotatable bonds is 10. The Morgan fingerprint density at radius 1 is 0.897 bits per heavy atom. The molecule has 3 heterocycles. The summed E-state index contributed by atoms with van der Waals surface area (Å²) in [5.41, 5.74) is 7.89. The van der Waals surface area contributed by atoms with E-state index in [4.69, 9.17) is 14.2 Å². The number of nitrogens with zero attached hydrogens (tertiary/aromatic N) is 2. The number of benzene rings is 4. The number of pyridine rings is 1. The Morgan fingerprint density at radius 2 is 1.62 bits per heavy atom. The first kappa shape index (κ1) is 38.7. The molecule has 8 rings (SSSR count). The second-order valence-electron chi connectivity index (χ2n) is 15.9. The Labute approximate surface area is 339 Å². The molecule has 10 heteroatoms. The minimum atomic E-state index is -1.22. The van der Waals surface area contributed by atoms with Gasteiger partial charge in [0, 0.05) is 36.8 Å². The number of aryl methyl sites for hydroxylation is 1. The van der Waals surface area contributed by atoms with Crippen molar-refractivity contribution < 1.29 is 33.7 Å². The van der Waals surface area contributed by atoms with Crippen LogP contribution in [0, 0.1) is 19.8 Å². The van der Waals surface area contributed by atoms with Gasteiger partial charge in [0.2, 0.25) is 5.91 Å². The van der Waals surface area contributed by atoms with Crippen LogP contribution < -0.4 is 19.5 Å². The third kappa shape index (κ3) is 8.42. The normalized spacial score (nSPS) is 20.4. The van der Waals surface area contributed by atoms with Crippen LogP contribution in [-0.4, -0.2) is 57.6 Å². The van der Waals surface area contributed by atoms with Crippen LogP contribution in [0.5, 0.6) is 17.2 Å². The minimum Gasteiger partial charge on any atom is -0.490 e. The predicted octanol–water partition coefficient (Wildman–Crippen LogP) is 8.21. The highest BCUT2D eigenvalue weighted by molar-refractivity contribution is 5.98. The first-order valence-corrected chi connectivity index (χ1v) is 20.2. The number of hydrogen-bond donors (Lipinski definition) is 2. The molecule has 10 nitrogen and oxygen atoms in total. The van der Waals surface area contributed by atoms with Gasteiger partial charge in [-0.05, 0) is 127 Å². The Bertz CT molecular complexity index is 2290. The zero-order valence-electron chi connectivity index (χ0n) is 33.1. The largest absolute Gasteiger partial charge is 0.490 e. The summed E-state index contributed by atoms with van der Waals surface area (Å²) in [5, 5.41) is 13.1. The molecule has 1 unspecified atom stereocenters. The van der Waals surface area contributed by atoms with Gasteiger partial charge in [-0.2, -0.15) is 0 Å². The van der Waals surface area contributed by atoms with Crippen LogP contribution in [-0.2, 0) is 29.0 Å². The van der Waals surface area contributed by atoms with Crippen molar-refractivity contribution in [2.75, 3.05) is 6.61 Å². The van der Waals surface area contributed by atoms with Crippen LogP contribution in [0.15, 0.2) is 103 Å². The predicted molar refractivity (Wildman–Crippen MR) is 220 cm³/mol. The summed E-state index contributed by atoms with van der Waals surface area (Å²) in [6.45, 7) is 6.72. The summed E-state index contributed by atoms with van der Waals surface area (Å²) in [6.07, 6.45) is 6.48. The van der Waals surface area contributed by atoms with Gasteiger partial charge in [-0.15, -0.1) is 0 Å². The molecule has 0 radical (unpaired) electrons. The molecular formula is C48H49N3O7. The lowest BCUT2D eigenvalue weighted by molar-refractivity contribution is -0.142. The Morgan fingerprint density at radius 3 is 2.34 bits per heavy atom. The average molecular weight is 780 g/mol. The lowest BCUT2D eigenvalue weighted by Gasteiger charge is -2.37. The van der Waals surface area contributed by atoms with Crippen molar-refractivity contribution in [3.05, 3.63) is 142 Å². The zero-order chi connectivity index (χ0) is 40.3. The number of nitrogens with one attached hydrogen (secondary N) is 1. The molecular weight excluding hydrogens is 731 g/mol. The molecule has 1 aliphatic carbocycles. The molecule has 0 bridgehead atoms. The Balaban J connectivity index is 0.988. The number of carbonyl (C=O) groups excluding carboxylic acids is 2. The molecule has 2 N–H and O–H groups in total. The molecule has 3 aliphatic rings. The summed E-state index contributed by atoms with van der Waals surface area (Å²) < 4.78 is 19.0. The van der Waals surface area contributed by atoms with Crippen LogP contribution in [0.3, 0.4) is 0 Å². The molecule has 58 heavy (non-hydrogen) atoms. The fourth-order valence-electron chi connectivity index (χ4n) is 8.29. The average Bonchev–Trinajstić information content (AvgIpc) is 3.24. The molecule has 1 saturated carbocycles. The van der Waals surface area contributed by atoms with Crippen molar-refractivity contribution >= 4 is 17.8 Å². The summed E-state index contributed by atoms with van der Waals surface area (Å²) in [4.78, 5) is 46.7. The Hall–Kier alpha value is -6.16. The van der Waals surface area contributed by atoms with E-state index >= 15 is 0 Å². The zero-order valence-corrected chi connectivity index (χ0v) is 33.1. The van der Waals surface area contributed by atoms with Gasteiger partial charge in [0.05, 0.1) is 6.10 Å². The summed E-state index contributed by atoms with van der Waals surface area (Å²) in [6, 6.07) is 28.1. The van der Waals surface area contributed by atoms with E-state index in [1.165, 1.54) is 17.7 Å². The summed E-state index contributed by atoms with van der Waals surface area (Å²) >= 11 is 0. The summed E-state index contributed by atoms with van der Waals surface area (Å²) in [7, 11) is 0. The van der Waals surface area contributed by atoms with Crippen LogP contribution in [0.4, 0.5) is 0 Å². The number of amides is 2. The van der Waals surface area contributed by atoms with Gasteiger partial charge in [-0.3, -0.25) is 14.6 Å². The van der Waals surface area contributed by atoms with Crippen LogP contribution >= 0.6 is 0 Å². The fourth-order valence-corrected chi connectivity index (χ4v) is 8.29. The van der Waals surface area contributed by atoms with Crippen molar-refractivity contribution in [2.24, 2.45) is 5.92 Å². The maximum atomic E-state index is 14.2. The van der Waals surface area contributed by atoms with Crippen molar-refractivity contribution in [3.63, 3.8) is 0 Å². The second-order valence-corrected chi connectivity index (χ2v) is 15.9. The lowest BCUT2D eigenvalue weighted by Crippen LogP contribution is -2.56. The van der Waals surface area contributed by atoms with Gasteiger partial charge >= 0.3 is 5.97 Å². The van der Waals surface area contributed by atoms with Gasteiger partial charge in [0.25, 0.3) is 5.91 Å². The Kier molecular flexibility index (Phi) is 11.2. The number of aromatic nitrogens is 1. The highest BCUT2D eigenvalue weighted by Crippen LogP contribution is 2.41. The third-order valence-corrected chi connectivity index (χ3v) is 11.9. The van der Waals surface area contributed by atoms with Gasteiger partial charge < -0.3 is 29.5 Å². The van der Waals surface area contributed by atoms with Crippen molar-refractivity contribution in [1.82, 2.24) is 15.2 Å². The first-order valence-electron chi connectivity index (χ1n) is 20.2. The van der Waals surface area contributed by atoms with Crippen LogP contribution in [0.1, 0.15) is 82.6 Å². The van der Waals surface area contributed by atoms with E-state index in [1.54, 1.807) is 30.5 Å². The van der Waals surface area contributed by atoms with Crippen LogP contribution in [0.2, 0.25) is 0 Å². The second kappa shape index (κ2) is 16.7. The van der Waals surface area contributed by atoms with E-state index in [-0.39, 0.29) is 37.5 Å². The number of aliphatic carboxylic acids is 1. The van der Waals surface area contributed by atoms with E-state index < -0.39 is 24.0 Å². The van der Waals surface area contributed by atoms with Crippen molar-refractivity contribution in [1.29, 1.82) is 0 Å². The molecule has 5 aromatic rings. The number of carbonyl (C=O) groups is 3. The molecule has 4 aromatic carbocycles. The monoisotopic (exact) mass is 779 g/mol. The molecule has 0 saturated heterocycles. The standard InChI is InChI=1S/C48H49N3O7/c1-29-9-17-38(18-10-29)57-39-19-15-34(16-20-39)45-28-56-43-25-36-24-42(51(27-37(36)26-44(43)58-45)47(53)35-7-5-4-6-8-35)46(52)50-41(48(54)55)23-32-11-13-33(14-12-32)40-21-22-49-31(3)30(40)2/h4-8,11-16,19-22,25-26,29,38,41-42,45H,9-10,17-18,23-24,27-28H2,1-3H3,(H,50,52)(H,54,55)/t29-,38+,41-,42?,45+/m0/s1. The number of carboxylic acids is 1. The van der Waals surface area contributed by atoms with Crippen LogP contribution in [0.25, 0.3) is 11.1 Å². The minimum absolute atomic E-state index is 0.0705. The topological polar surface area (TPSA) is 127 Å². The highest BCUT2D eigenvalue weighted by atomic mass is 16.6. The number of carboxylic acid groups (broad SMARTS) is 1. The van der Waals surface area contributed by atoms with E-state index in [0.29, 0.717) is 23.7 Å². The highest BCUT2D eigenvalue weighted by Gasteiger charge is 2.38. The van der Waals surface area contributed by atoms with E-state index in [1.807, 2.05) is 86.6 Å². The smallest absolute Gasteiger partial charge is 0.326 e. The first-order chi connectivity index (χ1) is 28.1. The third-order valence-electron chi connectivity index (χ3n) is 11.9. The van der Waals surface area contributed by atoms with Gasteiger partial charge in [-0.1, -0.05) is 61.5 Å². The van der Waals surface area contributed by atoms with Crippen molar-refractivity contribution in [3.8, 4) is 28.4 Å². The quantitative estimate of drug-likeness (QED) is 0.145. The number of ether oxygens (including phenoxy) is 3. The van der Waals surface area contributed by atoms with Crippen molar-refractivity contribution in [2.45, 2.75) is 90.1 Å². The van der Waals surface area contributed by atoms with E-state index in [9.17, 15) is 19.5 Å². The molecule has 2 aliphatic heterocycles. The molecule has 3 atom stereocenters. The SMILES string of the molecule is Cc1nccc(-c2ccc(C[C@H](NC(=O)C3Cc4cc5c(cc4CN3C(=O)c3ccccc3)O[C@@H](c3ccc(O[C@H]4CC[C@@H](C)CC4)cc3)CO5)C(=O)O)cc2)c1C. The fraction of sp³-hybridized carbons (Fsp3) is 0.333. The number of fused-ring (bicyclic) bond motifs is 2. The van der Waals surface area contributed by atoms with E-state index in [2.05, 4.69) is 17.2 Å². The maximum Gasteiger partial charge on any atom is 0.326 e. The molecule has 0 spiro atoms. The number of hydrogen-bond acceptors (Lipinski definition) is 7. The maximum absolute atomic E-state index is 14.2. The molecule has 1 fully saturated rings.